The number of carbonyl (C=O) groups is 1. The van der Waals surface area contributed by atoms with Crippen molar-refractivity contribution in [1.82, 2.24) is 20.1 Å². The number of fused-ring (bicyclic) bond motifs is 2. The summed E-state index contributed by atoms with van der Waals surface area (Å²) in [6.45, 7) is 0.559. The highest BCUT2D eigenvalue weighted by molar-refractivity contribution is 5.79. The molecule has 1 N–H and O–H groups in total. The van der Waals surface area contributed by atoms with Gasteiger partial charge in [0.05, 0.1) is 0 Å². The SMILES string of the molecule is O=C(NCc1ccnc(-n2cccn2)c1)[C@@H]1C[C@H]2CC[C@H]1C2. The molecule has 0 saturated heterocycles. The number of amides is 1. The Balaban J connectivity index is 1.39. The quantitative estimate of drug-likeness (QED) is 0.942. The van der Waals surface area contributed by atoms with Gasteiger partial charge < -0.3 is 5.32 Å². The fourth-order valence-corrected chi connectivity index (χ4v) is 3.99. The van der Waals surface area contributed by atoms with Crippen molar-refractivity contribution in [3.05, 3.63) is 42.4 Å². The highest BCUT2D eigenvalue weighted by atomic mass is 16.1. The Hall–Kier alpha value is -2.17. The summed E-state index contributed by atoms with van der Waals surface area (Å²) in [5, 5.41) is 7.28. The van der Waals surface area contributed by atoms with E-state index in [1.807, 2.05) is 24.4 Å². The normalized spacial score (nSPS) is 26.3. The molecule has 0 spiro atoms. The first-order valence-corrected chi connectivity index (χ1v) is 8.02. The molecule has 0 unspecified atom stereocenters. The van der Waals surface area contributed by atoms with Gasteiger partial charge in [-0.3, -0.25) is 4.79 Å². The molecule has 2 fully saturated rings. The minimum atomic E-state index is 0.227. The van der Waals surface area contributed by atoms with Crippen molar-refractivity contribution in [3.8, 4) is 5.82 Å². The lowest BCUT2D eigenvalue weighted by Gasteiger charge is -2.20. The molecule has 114 valence electrons. The molecule has 22 heavy (non-hydrogen) atoms. The lowest BCUT2D eigenvalue weighted by molar-refractivity contribution is -0.126. The first-order chi connectivity index (χ1) is 10.8. The Kier molecular flexibility index (Phi) is 3.41. The van der Waals surface area contributed by atoms with Crippen LogP contribution in [0.2, 0.25) is 0 Å². The minimum Gasteiger partial charge on any atom is -0.352 e. The molecule has 2 aromatic heterocycles. The number of hydrogen-bond donors (Lipinski definition) is 1. The smallest absolute Gasteiger partial charge is 0.223 e. The number of carbonyl (C=O) groups excluding carboxylic acids is 1. The molecule has 2 aliphatic rings. The zero-order valence-electron chi connectivity index (χ0n) is 12.5. The summed E-state index contributed by atoms with van der Waals surface area (Å²) in [7, 11) is 0. The van der Waals surface area contributed by atoms with Gasteiger partial charge >= 0.3 is 0 Å². The van der Waals surface area contributed by atoms with Crippen molar-refractivity contribution in [3.63, 3.8) is 0 Å². The standard InChI is InChI=1S/C17H20N4O/c22-17(15-9-12-2-3-14(15)8-12)19-11-13-4-6-18-16(10-13)21-7-1-5-20-21/h1,4-7,10,12,14-15H,2-3,8-9,11H2,(H,19,22)/t12-,14-,15+/m0/s1. The molecule has 5 nitrogen and oxygen atoms in total. The van der Waals surface area contributed by atoms with Gasteiger partial charge in [0.25, 0.3) is 0 Å². The van der Waals surface area contributed by atoms with Crippen LogP contribution in [0.5, 0.6) is 0 Å². The lowest BCUT2D eigenvalue weighted by atomic mass is 9.88. The predicted octanol–water partition coefficient (Wildman–Crippen LogP) is 2.32. The van der Waals surface area contributed by atoms with E-state index in [0.717, 1.165) is 23.7 Å². The zero-order chi connectivity index (χ0) is 14.9. The molecule has 4 rings (SSSR count). The van der Waals surface area contributed by atoms with Gasteiger partial charge in [0.15, 0.2) is 5.82 Å². The van der Waals surface area contributed by atoms with E-state index in [2.05, 4.69) is 15.4 Å². The van der Waals surface area contributed by atoms with Gasteiger partial charge in [-0.25, -0.2) is 9.67 Å². The summed E-state index contributed by atoms with van der Waals surface area (Å²) in [6.07, 6.45) is 10.3. The summed E-state index contributed by atoms with van der Waals surface area (Å²) < 4.78 is 1.72. The zero-order valence-corrected chi connectivity index (χ0v) is 12.5. The summed E-state index contributed by atoms with van der Waals surface area (Å²) in [5.41, 5.74) is 1.05. The van der Waals surface area contributed by atoms with E-state index < -0.39 is 0 Å². The molecule has 3 atom stereocenters. The molecule has 1 amide bonds. The first kappa shape index (κ1) is 13.5. The largest absolute Gasteiger partial charge is 0.352 e. The molecule has 0 radical (unpaired) electrons. The predicted molar refractivity (Wildman–Crippen MR) is 82.1 cm³/mol. The maximum absolute atomic E-state index is 12.4. The lowest BCUT2D eigenvalue weighted by Crippen LogP contribution is -2.33. The van der Waals surface area contributed by atoms with Gasteiger partial charge in [0, 0.05) is 31.1 Å². The van der Waals surface area contributed by atoms with Crippen molar-refractivity contribution in [2.24, 2.45) is 17.8 Å². The van der Waals surface area contributed by atoms with Crippen molar-refractivity contribution in [1.29, 1.82) is 0 Å². The maximum Gasteiger partial charge on any atom is 0.223 e. The number of nitrogens with zero attached hydrogens (tertiary/aromatic N) is 3. The van der Waals surface area contributed by atoms with E-state index in [9.17, 15) is 4.79 Å². The number of aromatic nitrogens is 3. The number of nitrogens with one attached hydrogen (secondary N) is 1. The van der Waals surface area contributed by atoms with E-state index in [0.29, 0.717) is 12.5 Å². The molecule has 0 aromatic carbocycles. The van der Waals surface area contributed by atoms with Crippen LogP contribution in [0.3, 0.4) is 0 Å². The Morgan fingerprint density at radius 1 is 1.32 bits per heavy atom. The highest BCUT2D eigenvalue weighted by Crippen LogP contribution is 2.48. The van der Waals surface area contributed by atoms with E-state index >= 15 is 0 Å². The van der Waals surface area contributed by atoms with E-state index in [1.54, 1.807) is 17.1 Å². The summed E-state index contributed by atoms with van der Waals surface area (Å²) in [6, 6.07) is 5.77. The monoisotopic (exact) mass is 296 g/mol. The van der Waals surface area contributed by atoms with Crippen LogP contribution in [0.1, 0.15) is 31.2 Å². The second-order valence-electron chi connectivity index (χ2n) is 6.47. The van der Waals surface area contributed by atoms with Gasteiger partial charge in [-0.05, 0) is 54.9 Å². The Morgan fingerprint density at radius 3 is 3.00 bits per heavy atom. The Morgan fingerprint density at radius 2 is 2.27 bits per heavy atom. The summed E-state index contributed by atoms with van der Waals surface area (Å²) in [4.78, 5) is 16.7. The fraction of sp³-hybridized carbons (Fsp3) is 0.471. The third-order valence-corrected chi connectivity index (χ3v) is 5.09. The van der Waals surface area contributed by atoms with Crippen LogP contribution in [-0.2, 0) is 11.3 Å². The van der Waals surface area contributed by atoms with Crippen molar-refractivity contribution in [2.75, 3.05) is 0 Å². The van der Waals surface area contributed by atoms with Crippen molar-refractivity contribution >= 4 is 5.91 Å². The van der Waals surface area contributed by atoms with Gasteiger partial charge in [0.1, 0.15) is 0 Å². The molecule has 2 heterocycles. The molecule has 0 aliphatic heterocycles. The van der Waals surface area contributed by atoms with Crippen LogP contribution in [-0.4, -0.2) is 20.7 Å². The van der Waals surface area contributed by atoms with Crippen LogP contribution in [0, 0.1) is 17.8 Å². The second-order valence-corrected chi connectivity index (χ2v) is 6.47. The molecule has 2 saturated carbocycles. The Bertz CT molecular complexity index is 667. The fourth-order valence-electron chi connectivity index (χ4n) is 3.99. The van der Waals surface area contributed by atoms with E-state index in [-0.39, 0.29) is 11.8 Å². The molecule has 5 heteroatoms. The maximum atomic E-state index is 12.4. The minimum absolute atomic E-state index is 0.227. The van der Waals surface area contributed by atoms with Crippen LogP contribution >= 0.6 is 0 Å². The highest BCUT2D eigenvalue weighted by Gasteiger charge is 2.42. The first-order valence-electron chi connectivity index (χ1n) is 8.02. The molecular formula is C17H20N4O. The van der Waals surface area contributed by atoms with Crippen LogP contribution in [0.25, 0.3) is 5.82 Å². The van der Waals surface area contributed by atoms with Gasteiger partial charge in [-0.1, -0.05) is 6.42 Å². The number of pyridine rings is 1. The van der Waals surface area contributed by atoms with Crippen LogP contribution in [0.4, 0.5) is 0 Å². The topological polar surface area (TPSA) is 59.8 Å². The third kappa shape index (κ3) is 2.51. The average Bonchev–Trinajstić information content (AvgIpc) is 3.29. The average molecular weight is 296 g/mol. The molecule has 2 aliphatic carbocycles. The number of hydrogen-bond acceptors (Lipinski definition) is 3. The van der Waals surface area contributed by atoms with Crippen LogP contribution in [0.15, 0.2) is 36.8 Å². The second kappa shape index (κ2) is 5.55. The molecule has 2 aromatic rings. The van der Waals surface area contributed by atoms with Gasteiger partial charge in [-0.15, -0.1) is 0 Å². The van der Waals surface area contributed by atoms with Crippen LogP contribution < -0.4 is 5.32 Å². The van der Waals surface area contributed by atoms with E-state index in [1.165, 1.54) is 19.3 Å². The Labute approximate surface area is 129 Å². The number of rotatable bonds is 4. The van der Waals surface area contributed by atoms with Gasteiger partial charge in [-0.2, -0.15) is 5.10 Å². The van der Waals surface area contributed by atoms with Crippen molar-refractivity contribution in [2.45, 2.75) is 32.2 Å². The van der Waals surface area contributed by atoms with E-state index in [4.69, 9.17) is 0 Å². The van der Waals surface area contributed by atoms with Crippen molar-refractivity contribution < 1.29 is 4.79 Å². The molecule has 2 bridgehead atoms. The summed E-state index contributed by atoms with van der Waals surface area (Å²) in [5.74, 6) is 2.67. The molecular weight excluding hydrogens is 276 g/mol. The third-order valence-electron chi connectivity index (χ3n) is 5.09. The van der Waals surface area contributed by atoms with Gasteiger partial charge in [0.2, 0.25) is 5.91 Å². The summed E-state index contributed by atoms with van der Waals surface area (Å²) >= 11 is 0.